The summed E-state index contributed by atoms with van der Waals surface area (Å²) < 4.78 is 5.24. The van der Waals surface area contributed by atoms with Gasteiger partial charge in [-0.3, -0.25) is 15.1 Å². The van der Waals surface area contributed by atoms with Crippen LogP contribution in [-0.4, -0.2) is 55.5 Å². The maximum Gasteiger partial charge on any atom is 0.213 e. The molecule has 2 aromatic carbocycles. The molecule has 0 aliphatic carbocycles. The second-order valence-corrected chi connectivity index (χ2v) is 8.54. The lowest BCUT2D eigenvalue weighted by Gasteiger charge is -2.24. The molecule has 1 fully saturated rings. The lowest BCUT2D eigenvalue weighted by Crippen LogP contribution is -2.29. The molecule has 4 heterocycles. The Hall–Kier alpha value is -3.78. The van der Waals surface area contributed by atoms with Gasteiger partial charge in [0.1, 0.15) is 5.82 Å². The summed E-state index contributed by atoms with van der Waals surface area (Å²) in [5, 5.41) is 17.4. The van der Waals surface area contributed by atoms with Crippen LogP contribution in [0.5, 0.6) is 5.88 Å². The average Bonchev–Trinajstić information content (AvgIpc) is 3.51. The van der Waals surface area contributed by atoms with Crippen LogP contribution in [-0.2, 0) is 6.54 Å². The number of pyridine rings is 1. The van der Waals surface area contributed by atoms with Gasteiger partial charge in [-0.1, -0.05) is 12.5 Å². The fourth-order valence-corrected chi connectivity index (χ4v) is 4.57. The average molecular weight is 440 g/mol. The predicted molar refractivity (Wildman–Crippen MR) is 128 cm³/mol. The second kappa shape index (κ2) is 8.29. The van der Waals surface area contributed by atoms with Gasteiger partial charge in [-0.15, -0.1) is 0 Å². The molecule has 1 aliphatic rings. The van der Waals surface area contributed by atoms with Crippen LogP contribution in [0, 0.1) is 0 Å². The SMILES string of the molecule is COc1ccc2cc(-c3n[nH]c4ccc(-c5n[nH]c(CN6CCCCC6)n5)cc34)ccc2n1. The van der Waals surface area contributed by atoms with Crippen LogP contribution in [0.25, 0.3) is 44.5 Å². The highest BCUT2D eigenvalue weighted by Crippen LogP contribution is 2.31. The van der Waals surface area contributed by atoms with Gasteiger partial charge in [-0.2, -0.15) is 10.2 Å². The zero-order chi connectivity index (χ0) is 22.2. The molecule has 0 radical (unpaired) electrons. The van der Waals surface area contributed by atoms with Crippen LogP contribution >= 0.6 is 0 Å². The molecule has 8 nitrogen and oxygen atoms in total. The third kappa shape index (κ3) is 3.82. The van der Waals surface area contributed by atoms with Gasteiger partial charge in [-0.05, 0) is 62.3 Å². The Morgan fingerprint density at radius 1 is 0.879 bits per heavy atom. The normalized spacial score (nSPS) is 14.8. The van der Waals surface area contributed by atoms with Crippen LogP contribution in [0.4, 0.5) is 0 Å². The minimum atomic E-state index is 0.608. The molecule has 33 heavy (non-hydrogen) atoms. The highest BCUT2D eigenvalue weighted by Gasteiger charge is 2.15. The summed E-state index contributed by atoms with van der Waals surface area (Å²) in [6.45, 7) is 3.09. The maximum atomic E-state index is 5.24. The first-order chi connectivity index (χ1) is 16.3. The predicted octanol–water partition coefficient (Wildman–Crippen LogP) is 4.56. The molecule has 0 spiro atoms. The van der Waals surface area contributed by atoms with E-state index in [4.69, 9.17) is 9.72 Å². The topological polar surface area (TPSA) is 95.6 Å². The molecule has 0 saturated carbocycles. The minimum Gasteiger partial charge on any atom is -0.481 e. The Bertz CT molecular complexity index is 1430. The van der Waals surface area contributed by atoms with Crippen LogP contribution in [0.1, 0.15) is 25.1 Å². The van der Waals surface area contributed by atoms with Gasteiger partial charge in [0.05, 0.1) is 30.4 Å². The Kier molecular flexibility index (Phi) is 4.99. The fourth-order valence-electron chi connectivity index (χ4n) is 4.57. The summed E-state index contributed by atoms with van der Waals surface area (Å²) in [5.41, 5.74) is 4.76. The first kappa shape index (κ1) is 19.9. The number of rotatable bonds is 5. The van der Waals surface area contributed by atoms with Gasteiger partial charge in [0.2, 0.25) is 5.88 Å². The highest BCUT2D eigenvalue weighted by molar-refractivity contribution is 5.97. The van der Waals surface area contributed by atoms with E-state index in [9.17, 15) is 0 Å². The molecule has 5 aromatic rings. The van der Waals surface area contributed by atoms with Crippen LogP contribution < -0.4 is 4.74 Å². The fraction of sp³-hybridized carbons (Fsp3) is 0.280. The number of H-pyrrole nitrogens is 2. The van der Waals surface area contributed by atoms with Crippen LogP contribution in [0.15, 0.2) is 48.5 Å². The van der Waals surface area contributed by atoms with Gasteiger partial charge in [0, 0.05) is 28.0 Å². The van der Waals surface area contributed by atoms with Crippen molar-refractivity contribution < 1.29 is 4.74 Å². The van der Waals surface area contributed by atoms with Crippen LogP contribution in [0.2, 0.25) is 0 Å². The number of nitrogens with zero attached hydrogens (tertiary/aromatic N) is 5. The largest absolute Gasteiger partial charge is 0.481 e. The molecule has 1 saturated heterocycles. The van der Waals surface area contributed by atoms with Crippen molar-refractivity contribution in [1.82, 2.24) is 35.3 Å². The van der Waals surface area contributed by atoms with E-state index < -0.39 is 0 Å². The number of benzene rings is 2. The van der Waals surface area contributed by atoms with E-state index in [2.05, 4.69) is 42.4 Å². The van der Waals surface area contributed by atoms with Crippen molar-refractivity contribution in [3.8, 4) is 28.5 Å². The first-order valence-corrected chi connectivity index (χ1v) is 11.3. The Morgan fingerprint density at radius 2 is 1.76 bits per heavy atom. The molecule has 166 valence electrons. The number of piperidine rings is 1. The molecule has 0 unspecified atom stereocenters. The van der Waals surface area contributed by atoms with E-state index >= 15 is 0 Å². The quantitative estimate of drug-likeness (QED) is 0.417. The summed E-state index contributed by atoms with van der Waals surface area (Å²) in [6, 6.07) is 16.2. The van der Waals surface area contributed by atoms with Crippen molar-refractivity contribution in [1.29, 1.82) is 0 Å². The summed E-state index contributed by atoms with van der Waals surface area (Å²) in [5.74, 6) is 2.24. The molecular formula is C25H25N7O. The zero-order valence-electron chi connectivity index (χ0n) is 18.5. The van der Waals surface area contributed by atoms with Gasteiger partial charge in [0.25, 0.3) is 0 Å². The monoisotopic (exact) mass is 439 g/mol. The number of methoxy groups -OCH3 is 1. The third-order valence-electron chi connectivity index (χ3n) is 6.32. The Morgan fingerprint density at radius 3 is 2.64 bits per heavy atom. The van der Waals surface area contributed by atoms with Crippen molar-refractivity contribution in [3.63, 3.8) is 0 Å². The van der Waals surface area contributed by atoms with E-state index in [0.717, 1.165) is 64.1 Å². The van der Waals surface area contributed by atoms with E-state index in [-0.39, 0.29) is 0 Å². The van der Waals surface area contributed by atoms with Crippen molar-refractivity contribution in [2.45, 2.75) is 25.8 Å². The first-order valence-electron chi connectivity index (χ1n) is 11.3. The molecule has 6 rings (SSSR count). The molecule has 0 atom stereocenters. The molecule has 2 N–H and O–H groups in total. The van der Waals surface area contributed by atoms with Crippen molar-refractivity contribution >= 4 is 21.8 Å². The number of aromatic nitrogens is 6. The highest BCUT2D eigenvalue weighted by atomic mass is 16.5. The summed E-state index contributed by atoms with van der Waals surface area (Å²) >= 11 is 0. The molecule has 8 heteroatoms. The summed E-state index contributed by atoms with van der Waals surface area (Å²) in [4.78, 5) is 11.7. The smallest absolute Gasteiger partial charge is 0.213 e. The van der Waals surface area contributed by atoms with Crippen molar-refractivity contribution in [3.05, 3.63) is 54.4 Å². The number of hydrogen-bond acceptors (Lipinski definition) is 6. The molecule has 0 bridgehead atoms. The van der Waals surface area contributed by atoms with Gasteiger partial charge in [0.15, 0.2) is 5.82 Å². The molecule has 3 aromatic heterocycles. The second-order valence-electron chi connectivity index (χ2n) is 8.54. The van der Waals surface area contributed by atoms with Gasteiger partial charge < -0.3 is 4.74 Å². The Balaban J connectivity index is 1.32. The van der Waals surface area contributed by atoms with Crippen molar-refractivity contribution in [2.75, 3.05) is 20.2 Å². The summed E-state index contributed by atoms with van der Waals surface area (Å²) in [7, 11) is 1.63. The number of ether oxygens (including phenoxy) is 1. The van der Waals surface area contributed by atoms with E-state index in [1.807, 2.05) is 36.4 Å². The van der Waals surface area contributed by atoms with Crippen molar-refractivity contribution in [2.24, 2.45) is 0 Å². The lowest BCUT2D eigenvalue weighted by molar-refractivity contribution is 0.216. The zero-order valence-corrected chi connectivity index (χ0v) is 18.5. The third-order valence-corrected chi connectivity index (χ3v) is 6.32. The van der Waals surface area contributed by atoms with Gasteiger partial charge in [-0.25, -0.2) is 9.97 Å². The minimum absolute atomic E-state index is 0.608. The standard InChI is InChI=1S/C25H25N7O/c1-33-23-10-7-16-13-17(5-8-20(16)26-23)24-19-14-18(6-9-21(19)28-30-24)25-27-22(29-31-25)15-32-11-3-2-4-12-32/h5-10,13-14H,2-4,11-12,15H2,1H3,(H,28,30)(H,27,29,31). The maximum absolute atomic E-state index is 5.24. The number of nitrogens with one attached hydrogen (secondary N) is 2. The summed E-state index contributed by atoms with van der Waals surface area (Å²) in [6.07, 6.45) is 3.85. The van der Waals surface area contributed by atoms with E-state index in [1.54, 1.807) is 7.11 Å². The van der Waals surface area contributed by atoms with E-state index in [0.29, 0.717) is 11.7 Å². The van der Waals surface area contributed by atoms with Crippen LogP contribution in [0.3, 0.4) is 0 Å². The molecule has 1 aliphatic heterocycles. The number of aromatic amines is 2. The number of fused-ring (bicyclic) bond motifs is 2. The Labute approximate surface area is 191 Å². The lowest BCUT2D eigenvalue weighted by atomic mass is 10.0. The van der Waals surface area contributed by atoms with Gasteiger partial charge >= 0.3 is 0 Å². The molecular weight excluding hydrogens is 414 g/mol. The number of likely N-dealkylation sites (tertiary alicyclic amines) is 1. The number of hydrogen-bond donors (Lipinski definition) is 2. The molecule has 0 amide bonds. The van der Waals surface area contributed by atoms with E-state index in [1.165, 1.54) is 19.3 Å².